The highest BCUT2D eigenvalue weighted by Gasteiger charge is 2.23. The molecule has 0 aliphatic rings. The van der Waals surface area contributed by atoms with Gasteiger partial charge in [0.1, 0.15) is 18.5 Å². The van der Waals surface area contributed by atoms with Gasteiger partial charge in [-0.2, -0.15) is 9.78 Å². The summed E-state index contributed by atoms with van der Waals surface area (Å²) < 4.78 is 2.64. The molecule has 0 bridgehead atoms. The number of halogens is 3. The van der Waals surface area contributed by atoms with Crippen LogP contribution in [-0.2, 0) is 0 Å². The van der Waals surface area contributed by atoms with E-state index in [4.69, 9.17) is 23.2 Å². The third-order valence-corrected chi connectivity index (χ3v) is 5.45. The molecule has 8 nitrogen and oxygen atoms in total. The van der Waals surface area contributed by atoms with Gasteiger partial charge in [0.25, 0.3) is 0 Å². The van der Waals surface area contributed by atoms with Gasteiger partial charge in [-0.25, -0.2) is 15.0 Å². The van der Waals surface area contributed by atoms with Crippen LogP contribution in [0.4, 0.5) is 5.82 Å². The van der Waals surface area contributed by atoms with Crippen LogP contribution in [0.15, 0.2) is 36.9 Å². The Bertz CT molecular complexity index is 1150. The highest BCUT2D eigenvalue weighted by atomic mass is 127. The second kappa shape index (κ2) is 7.72. The quantitative estimate of drug-likeness (QED) is 0.370. The van der Waals surface area contributed by atoms with Crippen molar-refractivity contribution in [2.45, 2.75) is 13.0 Å². The van der Waals surface area contributed by atoms with E-state index in [1.54, 1.807) is 16.8 Å². The zero-order valence-electron chi connectivity index (χ0n) is 14.8. The first kappa shape index (κ1) is 19.2. The molecule has 0 unspecified atom stereocenters. The van der Waals surface area contributed by atoms with E-state index in [1.165, 1.54) is 12.7 Å². The average molecular weight is 527 g/mol. The molecule has 0 amide bonds. The second-order valence-electron chi connectivity index (χ2n) is 6.01. The fourth-order valence-corrected chi connectivity index (χ4v) is 4.03. The molecule has 1 atom stereocenters. The first-order valence-electron chi connectivity index (χ1n) is 8.18. The SMILES string of the molecule is C[C@@H](c1ncnn1-c1ccc(Cl)nn1)N(C)c1ncnc2c(Cl)cc(I)cc12. The van der Waals surface area contributed by atoms with Gasteiger partial charge >= 0.3 is 0 Å². The maximum Gasteiger partial charge on any atom is 0.178 e. The Morgan fingerprint density at radius 3 is 2.64 bits per heavy atom. The van der Waals surface area contributed by atoms with Gasteiger partial charge in [0.15, 0.2) is 16.8 Å². The van der Waals surface area contributed by atoms with E-state index < -0.39 is 0 Å². The van der Waals surface area contributed by atoms with Crippen molar-refractivity contribution in [1.82, 2.24) is 34.9 Å². The number of benzene rings is 1. The van der Waals surface area contributed by atoms with E-state index in [2.05, 4.69) is 52.8 Å². The molecule has 0 saturated heterocycles. The van der Waals surface area contributed by atoms with E-state index in [0.717, 1.165) is 14.8 Å². The molecule has 0 spiro atoms. The van der Waals surface area contributed by atoms with Crippen molar-refractivity contribution in [3.05, 3.63) is 56.5 Å². The maximum absolute atomic E-state index is 6.37. The fourth-order valence-electron chi connectivity index (χ4n) is 2.85. The van der Waals surface area contributed by atoms with Crippen LogP contribution in [0.1, 0.15) is 18.8 Å². The molecule has 142 valence electrons. The van der Waals surface area contributed by atoms with Crippen LogP contribution >= 0.6 is 45.8 Å². The summed E-state index contributed by atoms with van der Waals surface area (Å²) in [6.07, 6.45) is 2.99. The van der Waals surface area contributed by atoms with E-state index in [0.29, 0.717) is 27.3 Å². The predicted molar refractivity (Wildman–Crippen MR) is 116 cm³/mol. The Kier molecular flexibility index (Phi) is 5.30. The van der Waals surface area contributed by atoms with Gasteiger partial charge in [0.2, 0.25) is 0 Å². The number of nitrogens with zero attached hydrogens (tertiary/aromatic N) is 8. The summed E-state index contributed by atoms with van der Waals surface area (Å²) in [5.41, 5.74) is 0.705. The molecule has 4 rings (SSSR count). The van der Waals surface area contributed by atoms with Crippen LogP contribution in [0.3, 0.4) is 0 Å². The van der Waals surface area contributed by atoms with Crippen molar-refractivity contribution in [3.8, 4) is 5.82 Å². The Labute approximate surface area is 184 Å². The second-order valence-corrected chi connectivity index (χ2v) is 8.05. The lowest BCUT2D eigenvalue weighted by atomic mass is 10.2. The van der Waals surface area contributed by atoms with Gasteiger partial charge in [0, 0.05) is 16.0 Å². The number of rotatable bonds is 4. The minimum Gasteiger partial charge on any atom is -0.349 e. The molecule has 0 fully saturated rings. The summed E-state index contributed by atoms with van der Waals surface area (Å²) in [6, 6.07) is 7.11. The fraction of sp³-hybridized carbons (Fsp3) is 0.176. The lowest BCUT2D eigenvalue weighted by Gasteiger charge is -2.26. The van der Waals surface area contributed by atoms with Gasteiger partial charge in [0.05, 0.1) is 16.6 Å². The van der Waals surface area contributed by atoms with Crippen molar-refractivity contribution in [1.29, 1.82) is 0 Å². The van der Waals surface area contributed by atoms with Crippen LogP contribution < -0.4 is 4.90 Å². The van der Waals surface area contributed by atoms with Crippen molar-refractivity contribution < 1.29 is 0 Å². The third-order valence-electron chi connectivity index (χ3n) is 4.33. The van der Waals surface area contributed by atoms with E-state index in [-0.39, 0.29) is 6.04 Å². The van der Waals surface area contributed by atoms with Crippen molar-refractivity contribution in [2.75, 3.05) is 11.9 Å². The van der Waals surface area contributed by atoms with Gasteiger partial charge in [-0.15, -0.1) is 10.2 Å². The molecule has 0 aliphatic carbocycles. The van der Waals surface area contributed by atoms with Crippen molar-refractivity contribution in [2.24, 2.45) is 0 Å². The summed E-state index contributed by atoms with van der Waals surface area (Å²) in [5, 5.41) is 14.0. The lowest BCUT2D eigenvalue weighted by molar-refractivity contribution is 0.637. The van der Waals surface area contributed by atoms with Crippen LogP contribution in [0, 0.1) is 3.57 Å². The van der Waals surface area contributed by atoms with Crippen molar-refractivity contribution in [3.63, 3.8) is 0 Å². The largest absolute Gasteiger partial charge is 0.349 e. The van der Waals surface area contributed by atoms with Crippen LogP contribution in [0.25, 0.3) is 16.7 Å². The standard InChI is InChI=1S/C17H13Cl2IN8/c1-9(16-23-8-24-28(16)14-4-3-13(19)25-26-14)27(2)17-11-5-10(20)6-12(18)15(11)21-7-22-17/h3-9H,1-2H3/t9-/m0/s1. The Balaban J connectivity index is 1.76. The Morgan fingerprint density at radius 1 is 1.07 bits per heavy atom. The molecule has 1 aromatic carbocycles. The Hall–Kier alpha value is -2.11. The molecule has 0 radical (unpaired) electrons. The minimum atomic E-state index is -0.172. The summed E-state index contributed by atoms with van der Waals surface area (Å²) in [4.78, 5) is 15.2. The van der Waals surface area contributed by atoms with Crippen LogP contribution in [0.5, 0.6) is 0 Å². The number of fused-ring (bicyclic) bond motifs is 1. The zero-order valence-corrected chi connectivity index (χ0v) is 18.4. The monoisotopic (exact) mass is 526 g/mol. The highest BCUT2D eigenvalue weighted by Crippen LogP contribution is 2.33. The van der Waals surface area contributed by atoms with Gasteiger partial charge in [-0.3, -0.25) is 0 Å². The summed E-state index contributed by atoms with van der Waals surface area (Å²) >= 11 is 14.4. The van der Waals surface area contributed by atoms with Crippen LogP contribution in [0.2, 0.25) is 10.2 Å². The normalized spacial score (nSPS) is 12.3. The number of hydrogen-bond donors (Lipinski definition) is 0. The molecule has 28 heavy (non-hydrogen) atoms. The summed E-state index contributed by atoms with van der Waals surface area (Å²) in [7, 11) is 1.94. The Morgan fingerprint density at radius 2 is 1.89 bits per heavy atom. The summed E-state index contributed by atoms with van der Waals surface area (Å²) in [5.74, 6) is 1.96. The van der Waals surface area contributed by atoms with Crippen molar-refractivity contribution >= 4 is 62.5 Å². The predicted octanol–water partition coefficient (Wildman–Crippen LogP) is 4.11. The number of aromatic nitrogens is 7. The average Bonchev–Trinajstić information content (AvgIpc) is 3.16. The first-order valence-corrected chi connectivity index (χ1v) is 10.0. The molecule has 0 aliphatic heterocycles. The lowest BCUT2D eigenvalue weighted by Crippen LogP contribution is -2.26. The molecule has 4 aromatic rings. The van der Waals surface area contributed by atoms with Gasteiger partial charge < -0.3 is 4.90 Å². The maximum atomic E-state index is 6.37. The molecular weight excluding hydrogens is 514 g/mol. The smallest absolute Gasteiger partial charge is 0.178 e. The number of anilines is 1. The van der Waals surface area contributed by atoms with E-state index in [9.17, 15) is 0 Å². The molecular formula is C17H13Cl2IN8. The minimum absolute atomic E-state index is 0.172. The highest BCUT2D eigenvalue weighted by molar-refractivity contribution is 14.1. The molecule has 11 heteroatoms. The van der Waals surface area contributed by atoms with E-state index in [1.807, 2.05) is 31.0 Å². The molecule has 3 aromatic heterocycles. The molecule has 0 saturated carbocycles. The van der Waals surface area contributed by atoms with E-state index >= 15 is 0 Å². The first-order chi connectivity index (χ1) is 13.5. The van der Waals surface area contributed by atoms with Gasteiger partial charge in [-0.1, -0.05) is 23.2 Å². The zero-order chi connectivity index (χ0) is 19.8. The summed E-state index contributed by atoms with van der Waals surface area (Å²) in [6.45, 7) is 2.01. The van der Waals surface area contributed by atoms with Crippen LogP contribution in [-0.4, -0.2) is 42.0 Å². The third kappa shape index (κ3) is 3.49. The molecule has 0 N–H and O–H groups in total. The molecule has 3 heterocycles. The van der Waals surface area contributed by atoms with Gasteiger partial charge in [-0.05, 0) is 53.8 Å². The number of hydrogen-bond acceptors (Lipinski definition) is 7. The topological polar surface area (TPSA) is 85.5 Å².